The fraction of sp³-hybridized carbons (Fsp3) is 0.125. The van der Waals surface area contributed by atoms with Gasteiger partial charge in [0.2, 0.25) is 5.24 Å². The van der Waals surface area contributed by atoms with E-state index in [0.717, 1.165) is 0 Å². The summed E-state index contributed by atoms with van der Waals surface area (Å²) in [5.41, 5.74) is 0.575. The van der Waals surface area contributed by atoms with Gasteiger partial charge in [-0.15, -0.1) is 0 Å². The Morgan fingerprint density at radius 2 is 1.93 bits per heavy atom. The van der Waals surface area contributed by atoms with Gasteiger partial charge in [-0.25, -0.2) is 0 Å². The van der Waals surface area contributed by atoms with E-state index in [1.165, 1.54) is 24.3 Å². The summed E-state index contributed by atoms with van der Waals surface area (Å²) in [6, 6.07) is 5.61. The highest BCUT2D eigenvalue weighted by Crippen LogP contribution is 2.26. The number of carbonyl (C=O) groups is 1. The number of nitro benzene ring substituents is 1. The normalized spacial score (nSPS) is 12.1. The Labute approximate surface area is 93.1 Å². The Kier molecular flexibility index (Phi) is 3.60. The summed E-state index contributed by atoms with van der Waals surface area (Å²) in [4.78, 5) is 19.9. The highest BCUT2D eigenvalue weighted by molar-refractivity contribution is 9.09. The van der Waals surface area contributed by atoms with E-state index in [1.54, 1.807) is 0 Å². The van der Waals surface area contributed by atoms with Crippen LogP contribution in [0.4, 0.5) is 5.69 Å². The number of hydrogen-bond acceptors (Lipinski definition) is 3. The molecule has 0 saturated heterocycles. The smallest absolute Gasteiger partial charge is 0.269 e. The van der Waals surface area contributed by atoms with E-state index in [0.29, 0.717) is 5.56 Å². The first kappa shape index (κ1) is 11.1. The molecule has 0 radical (unpaired) electrons. The van der Waals surface area contributed by atoms with Crippen LogP contribution >= 0.6 is 27.5 Å². The van der Waals surface area contributed by atoms with Gasteiger partial charge in [0.1, 0.15) is 4.83 Å². The number of nitro groups is 1. The molecule has 1 aromatic rings. The van der Waals surface area contributed by atoms with Crippen LogP contribution in [0.25, 0.3) is 0 Å². The molecule has 74 valence electrons. The lowest BCUT2D eigenvalue weighted by Crippen LogP contribution is -1.98. The molecule has 0 bridgehead atoms. The highest BCUT2D eigenvalue weighted by atomic mass is 79.9. The Hall–Kier alpha value is -0.940. The molecule has 0 aliphatic rings. The zero-order valence-electron chi connectivity index (χ0n) is 6.81. The van der Waals surface area contributed by atoms with Gasteiger partial charge in [0.15, 0.2) is 0 Å². The van der Waals surface area contributed by atoms with Crippen molar-refractivity contribution in [2.75, 3.05) is 0 Å². The molecule has 1 rings (SSSR count). The number of nitrogens with zero attached hydrogens (tertiary/aromatic N) is 1. The SMILES string of the molecule is O=C(Cl)[C@H](Br)c1ccc([N+](=O)[O-])cc1. The lowest BCUT2D eigenvalue weighted by atomic mass is 10.1. The zero-order chi connectivity index (χ0) is 10.7. The number of rotatable bonds is 3. The van der Waals surface area contributed by atoms with Crippen molar-refractivity contribution >= 4 is 38.5 Å². The van der Waals surface area contributed by atoms with Crippen molar-refractivity contribution in [2.45, 2.75) is 4.83 Å². The van der Waals surface area contributed by atoms with Crippen molar-refractivity contribution < 1.29 is 9.72 Å². The van der Waals surface area contributed by atoms with Gasteiger partial charge >= 0.3 is 0 Å². The lowest BCUT2D eigenvalue weighted by Gasteiger charge is -2.03. The van der Waals surface area contributed by atoms with Crippen molar-refractivity contribution in [1.82, 2.24) is 0 Å². The van der Waals surface area contributed by atoms with Crippen LogP contribution in [-0.2, 0) is 4.79 Å². The van der Waals surface area contributed by atoms with Gasteiger partial charge in [-0.05, 0) is 17.2 Å². The average molecular weight is 278 g/mol. The third-order valence-corrected chi connectivity index (χ3v) is 3.02. The number of benzene rings is 1. The fourth-order valence-corrected chi connectivity index (χ4v) is 1.33. The van der Waals surface area contributed by atoms with Crippen LogP contribution in [0, 0.1) is 10.1 Å². The number of alkyl halides is 1. The maximum Gasteiger partial charge on any atom is 0.269 e. The molecule has 0 aliphatic carbocycles. The molecule has 0 amide bonds. The molecule has 0 aliphatic heterocycles. The van der Waals surface area contributed by atoms with Gasteiger partial charge in [-0.3, -0.25) is 14.9 Å². The van der Waals surface area contributed by atoms with Crippen LogP contribution in [0.5, 0.6) is 0 Å². The van der Waals surface area contributed by atoms with Crippen LogP contribution in [-0.4, -0.2) is 10.2 Å². The van der Waals surface area contributed by atoms with Gasteiger partial charge in [0.25, 0.3) is 5.69 Å². The molecule has 1 aromatic carbocycles. The molecule has 4 nitrogen and oxygen atoms in total. The van der Waals surface area contributed by atoms with E-state index in [4.69, 9.17) is 11.6 Å². The van der Waals surface area contributed by atoms with Gasteiger partial charge in [0, 0.05) is 12.1 Å². The summed E-state index contributed by atoms with van der Waals surface area (Å²) < 4.78 is 0. The van der Waals surface area contributed by atoms with E-state index in [-0.39, 0.29) is 5.69 Å². The molecule has 1 atom stereocenters. The van der Waals surface area contributed by atoms with E-state index in [9.17, 15) is 14.9 Å². The van der Waals surface area contributed by atoms with Crippen LogP contribution in [0.15, 0.2) is 24.3 Å². The summed E-state index contributed by atoms with van der Waals surface area (Å²) in [5, 5.41) is 9.76. The predicted molar refractivity (Wildman–Crippen MR) is 55.6 cm³/mol. The molecule has 14 heavy (non-hydrogen) atoms. The average Bonchev–Trinajstić information content (AvgIpc) is 2.16. The van der Waals surface area contributed by atoms with Crippen LogP contribution in [0.2, 0.25) is 0 Å². The molecule has 0 saturated carbocycles. The minimum absolute atomic E-state index is 0.0181. The Morgan fingerprint density at radius 3 is 2.29 bits per heavy atom. The molecular weight excluding hydrogens is 273 g/mol. The number of halogens is 2. The maximum absolute atomic E-state index is 10.7. The zero-order valence-corrected chi connectivity index (χ0v) is 9.16. The molecular formula is C8H5BrClNO3. The van der Waals surface area contributed by atoms with Gasteiger partial charge in [-0.2, -0.15) is 0 Å². The summed E-state index contributed by atoms with van der Waals surface area (Å²) in [5.74, 6) is 0. The summed E-state index contributed by atoms with van der Waals surface area (Å²) in [6.45, 7) is 0. The topological polar surface area (TPSA) is 60.2 Å². The summed E-state index contributed by atoms with van der Waals surface area (Å²) >= 11 is 8.31. The number of hydrogen-bond donors (Lipinski definition) is 0. The van der Waals surface area contributed by atoms with Crippen LogP contribution in [0.1, 0.15) is 10.4 Å². The molecule has 6 heteroatoms. The third-order valence-electron chi connectivity index (χ3n) is 1.60. The van der Waals surface area contributed by atoms with E-state index >= 15 is 0 Å². The second kappa shape index (κ2) is 4.52. The van der Waals surface area contributed by atoms with Gasteiger partial charge in [0.05, 0.1) is 4.92 Å². The van der Waals surface area contributed by atoms with E-state index < -0.39 is 15.0 Å². The molecule has 0 heterocycles. The van der Waals surface area contributed by atoms with Crippen LogP contribution < -0.4 is 0 Å². The first-order chi connectivity index (χ1) is 6.52. The van der Waals surface area contributed by atoms with Crippen molar-refractivity contribution in [3.63, 3.8) is 0 Å². The monoisotopic (exact) mass is 277 g/mol. The standard InChI is InChI=1S/C8H5BrClNO3/c9-7(8(10)12)5-1-3-6(4-2-5)11(13)14/h1-4,7H/t7-/m1/s1. The Bertz CT molecular complexity index is 365. The largest absolute Gasteiger partial charge is 0.280 e. The van der Waals surface area contributed by atoms with Crippen molar-refractivity contribution in [3.05, 3.63) is 39.9 Å². The van der Waals surface area contributed by atoms with E-state index in [1.807, 2.05) is 0 Å². The molecule has 0 aromatic heterocycles. The van der Waals surface area contributed by atoms with Crippen molar-refractivity contribution in [2.24, 2.45) is 0 Å². The summed E-state index contributed by atoms with van der Waals surface area (Å²) in [6.07, 6.45) is 0. The molecule has 0 fully saturated rings. The lowest BCUT2D eigenvalue weighted by molar-refractivity contribution is -0.384. The minimum Gasteiger partial charge on any atom is -0.280 e. The maximum atomic E-state index is 10.7. The third kappa shape index (κ3) is 2.52. The Balaban J connectivity index is 2.94. The molecule has 0 unspecified atom stereocenters. The second-order valence-corrected chi connectivity index (χ2v) is 3.80. The first-order valence-electron chi connectivity index (χ1n) is 3.60. The molecule has 0 spiro atoms. The summed E-state index contributed by atoms with van der Waals surface area (Å²) in [7, 11) is 0. The first-order valence-corrected chi connectivity index (χ1v) is 4.89. The molecule has 0 N–H and O–H groups in total. The van der Waals surface area contributed by atoms with Gasteiger partial charge < -0.3 is 0 Å². The predicted octanol–water partition coefficient (Wildman–Crippen LogP) is 2.80. The minimum atomic E-state index is -0.620. The Morgan fingerprint density at radius 1 is 1.43 bits per heavy atom. The number of non-ortho nitro benzene ring substituents is 1. The quantitative estimate of drug-likeness (QED) is 0.370. The second-order valence-electron chi connectivity index (χ2n) is 2.52. The van der Waals surface area contributed by atoms with Crippen molar-refractivity contribution in [1.29, 1.82) is 0 Å². The fourth-order valence-electron chi connectivity index (χ4n) is 0.896. The van der Waals surface area contributed by atoms with E-state index in [2.05, 4.69) is 15.9 Å². The number of carbonyl (C=O) groups excluding carboxylic acids is 1. The van der Waals surface area contributed by atoms with Gasteiger partial charge in [-0.1, -0.05) is 28.1 Å². The van der Waals surface area contributed by atoms with Crippen molar-refractivity contribution in [3.8, 4) is 0 Å². The highest BCUT2D eigenvalue weighted by Gasteiger charge is 2.15. The van der Waals surface area contributed by atoms with Crippen LogP contribution in [0.3, 0.4) is 0 Å².